The SMILES string of the molecule is CNC(C)(C#N)CCN1CCCc2cc(C)ccc21. The predicted octanol–water partition coefficient (Wildman–Crippen LogP) is 2.64. The molecule has 19 heavy (non-hydrogen) atoms. The maximum atomic E-state index is 9.22. The lowest BCUT2D eigenvalue weighted by Crippen LogP contribution is -2.42. The van der Waals surface area contributed by atoms with Gasteiger partial charge in [-0.1, -0.05) is 17.7 Å². The van der Waals surface area contributed by atoms with E-state index in [1.807, 2.05) is 14.0 Å². The molecule has 0 spiro atoms. The van der Waals surface area contributed by atoms with Crippen LogP contribution in [-0.4, -0.2) is 25.7 Å². The van der Waals surface area contributed by atoms with E-state index in [1.54, 1.807) is 0 Å². The lowest BCUT2D eigenvalue weighted by atomic mass is 9.96. The predicted molar refractivity (Wildman–Crippen MR) is 79.4 cm³/mol. The van der Waals surface area contributed by atoms with Gasteiger partial charge >= 0.3 is 0 Å². The molecule has 1 heterocycles. The van der Waals surface area contributed by atoms with E-state index < -0.39 is 5.54 Å². The van der Waals surface area contributed by atoms with E-state index in [1.165, 1.54) is 29.7 Å². The molecular weight excluding hydrogens is 234 g/mol. The van der Waals surface area contributed by atoms with Crippen LogP contribution in [0.25, 0.3) is 0 Å². The Kier molecular flexibility index (Phi) is 4.11. The summed E-state index contributed by atoms with van der Waals surface area (Å²) in [4.78, 5) is 2.42. The van der Waals surface area contributed by atoms with Gasteiger partial charge in [0.05, 0.1) is 6.07 Å². The minimum absolute atomic E-state index is 0.428. The van der Waals surface area contributed by atoms with Crippen LogP contribution in [0, 0.1) is 18.3 Å². The molecule has 2 rings (SSSR count). The smallest absolute Gasteiger partial charge is 0.105 e. The lowest BCUT2D eigenvalue weighted by Gasteiger charge is -2.33. The van der Waals surface area contributed by atoms with Crippen LogP contribution in [0.4, 0.5) is 5.69 Å². The maximum absolute atomic E-state index is 9.22. The van der Waals surface area contributed by atoms with Crippen molar-refractivity contribution in [2.75, 3.05) is 25.0 Å². The molecule has 3 nitrogen and oxygen atoms in total. The van der Waals surface area contributed by atoms with Gasteiger partial charge in [-0.05, 0) is 51.8 Å². The molecule has 1 aliphatic heterocycles. The molecule has 0 bridgehead atoms. The highest BCUT2D eigenvalue weighted by molar-refractivity contribution is 5.56. The van der Waals surface area contributed by atoms with Gasteiger partial charge in [0.1, 0.15) is 5.54 Å². The molecule has 1 atom stereocenters. The van der Waals surface area contributed by atoms with Gasteiger partial charge in [0, 0.05) is 18.8 Å². The third kappa shape index (κ3) is 3.08. The number of anilines is 1. The second-order valence-electron chi connectivity index (χ2n) is 5.67. The zero-order chi connectivity index (χ0) is 13.9. The Morgan fingerprint density at radius 1 is 1.47 bits per heavy atom. The molecule has 0 saturated heterocycles. The van der Waals surface area contributed by atoms with E-state index in [4.69, 9.17) is 0 Å². The van der Waals surface area contributed by atoms with E-state index in [9.17, 15) is 5.26 Å². The van der Waals surface area contributed by atoms with Crippen LogP contribution in [0.2, 0.25) is 0 Å². The first-order valence-corrected chi connectivity index (χ1v) is 7.02. The molecule has 0 aliphatic carbocycles. The summed E-state index contributed by atoms with van der Waals surface area (Å²) in [7, 11) is 1.86. The van der Waals surface area contributed by atoms with Crippen LogP contribution in [0.1, 0.15) is 30.9 Å². The van der Waals surface area contributed by atoms with Crippen molar-refractivity contribution in [3.8, 4) is 6.07 Å². The van der Waals surface area contributed by atoms with Gasteiger partial charge < -0.3 is 10.2 Å². The minimum atomic E-state index is -0.428. The zero-order valence-corrected chi connectivity index (χ0v) is 12.2. The fourth-order valence-corrected chi connectivity index (χ4v) is 2.63. The van der Waals surface area contributed by atoms with E-state index in [2.05, 4.69) is 41.4 Å². The summed E-state index contributed by atoms with van der Waals surface area (Å²) in [6.45, 7) is 6.14. The number of hydrogen-bond donors (Lipinski definition) is 1. The second kappa shape index (κ2) is 5.63. The van der Waals surface area contributed by atoms with Crippen molar-refractivity contribution in [2.45, 2.75) is 38.6 Å². The molecule has 1 N–H and O–H groups in total. The van der Waals surface area contributed by atoms with Crippen molar-refractivity contribution in [1.29, 1.82) is 5.26 Å². The van der Waals surface area contributed by atoms with Gasteiger partial charge in [0.2, 0.25) is 0 Å². The molecule has 0 aromatic heterocycles. The summed E-state index contributed by atoms with van der Waals surface area (Å²) in [5.41, 5.74) is 3.71. The molecule has 0 amide bonds. The van der Waals surface area contributed by atoms with Crippen LogP contribution in [0.3, 0.4) is 0 Å². The summed E-state index contributed by atoms with van der Waals surface area (Å²) < 4.78 is 0. The van der Waals surface area contributed by atoms with Gasteiger partial charge in [-0.2, -0.15) is 5.26 Å². The van der Waals surface area contributed by atoms with Gasteiger partial charge in [0.25, 0.3) is 0 Å². The average Bonchev–Trinajstić information content (AvgIpc) is 2.44. The van der Waals surface area contributed by atoms with Crippen LogP contribution in [-0.2, 0) is 6.42 Å². The highest BCUT2D eigenvalue weighted by atomic mass is 15.1. The lowest BCUT2D eigenvalue weighted by molar-refractivity contribution is 0.450. The molecular formula is C16H23N3. The fraction of sp³-hybridized carbons (Fsp3) is 0.562. The molecule has 0 saturated carbocycles. The van der Waals surface area contributed by atoms with Gasteiger partial charge in [-0.25, -0.2) is 0 Å². The van der Waals surface area contributed by atoms with E-state index in [-0.39, 0.29) is 0 Å². The Bertz CT molecular complexity index is 489. The monoisotopic (exact) mass is 257 g/mol. The maximum Gasteiger partial charge on any atom is 0.105 e. The summed E-state index contributed by atoms with van der Waals surface area (Å²) in [6, 6.07) is 9.07. The Morgan fingerprint density at radius 3 is 2.95 bits per heavy atom. The molecule has 1 aromatic rings. The summed E-state index contributed by atoms with van der Waals surface area (Å²) in [5, 5.41) is 12.3. The normalized spacial score (nSPS) is 17.5. The average molecular weight is 257 g/mol. The fourth-order valence-electron chi connectivity index (χ4n) is 2.63. The third-order valence-corrected chi connectivity index (χ3v) is 4.13. The Hall–Kier alpha value is -1.53. The second-order valence-corrected chi connectivity index (χ2v) is 5.67. The van der Waals surface area contributed by atoms with Gasteiger partial charge in [-0.15, -0.1) is 0 Å². The Labute approximate surface area is 116 Å². The van der Waals surface area contributed by atoms with Crippen molar-refractivity contribution >= 4 is 5.69 Å². The van der Waals surface area contributed by atoms with E-state index in [0.717, 1.165) is 19.5 Å². The first-order valence-electron chi connectivity index (χ1n) is 7.02. The first kappa shape index (κ1) is 13.9. The van der Waals surface area contributed by atoms with Crippen LogP contribution in [0.5, 0.6) is 0 Å². The number of benzene rings is 1. The largest absolute Gasteiger partial charge is 0.371 e. The van der Waals surface area contributed by atoms with Gasteiger partial charge in [-0.3, -0.25) is 0 Å². The number of rotatable bonds is 4. The number of nitriles is 1. The molecule has 102 valence electrons. The van der Waals surface area contributed by atoms with Crippen molar-refractivity contribution in [1.82, 2.24) is 5.32 Å². The van der Waals surface area contributed by atoms with Gasteiger partial charge in [0.15, 0.2) is 0 Å². The summed E-state index contributed by atoms with van der Waals surface area (Å²) in [6.07, 6.45) is 3.22. The molecule has 1 unspecified atom stereocenters. The third-order valence-electron chi connectivity index (χ3n) is 4.13. The van der Waals surface area contributed by atoms with Crippen molar-refractivity contribution in [3.63, 3.8) is 0 Å². The Balaban J connectivity index is 2.10. The Morgan fingerprint density at radius 2 is 2.26 bits per heavy atom. The number of fused-ring (bicyclic) bond motifs is 1. The highest BCUT2D eigenvalue weighted by Crippen LogP contribution is 2.28. The molecule has 1 aliphatic rings. The van der Waals surface area contributed by atoms with E-state index in [0.29, 0.717) is 0 Å². The molecule has 1 aromatic carbocycles. The topological polar surface area (TPSA) is 39.1 Å². The quantitative estimate of drug-likeness (QED) is 0.901. The van der Waals surface area contributed by atoms with Crippen LogP contribution >= 0.6 is 0 Å². The molecule has 0 radical (unpaired) electrons. The minimum Gasteiger partial charge on any atom is -0.371 e. The number of aryl methyl sites for hydroxylation is 2. The summed E-state index contributed by atoms with van der Waals surface area (Å²) in [5.74, 6) is 0. The van der Waals surface area contributed by atoms with Crippen molar-refractivity contribution in [2.24, 2.45) is 0 Å². The zero-order valence-electron chi connectivity index (χ0n) is 12.2. The summed E-state index contributed by atoms with van der Waals surface area (Å²) >= 11 is 0. The van der Waals surface area contributed by atoms with Crippen LogP contribution < -0.4 is 10.2 Å². The standard InChI is InChI=1S/C16H23N3/c1-13-6-7-15-14(11-13)5-4-9-19(15)10-8-16(2,12-17)18-3/h6-7,11,18H,4-5,8-10H2,1-3H3. The highest BCUT2D eigenvalue weighted by Gasteiger charge is 2.24. The number of nitrogens with one attached hydrogen (secondary N) is 1. The van der Waals surface area contributed by atoms with Crippen LogP contribution in [0.15, 0.2) is 18.2 Å². The molecule has 0 fully saturated rings. The number of hydrogen-bond acceptors (Lipinski definition) is 3. The van der Waals surface area contributed by atoms with E-state index >= 15 is 0 Å². The van der Waals surface area contributed by atoms with Crippen molar-refractivity contribution < 1.29 is 0 Å². The first-order chi connectivity index (χ1) is 9.08. The number of nitrogens with zero attached hydrogens (tertiary/aromatic N) is 2. The van der Waals surface area contributed by atoms with Crippen molar-refractivity contribution in [3.05, 3.63) is 29.3 Å². The molecule has 3 heteroatoms.